The molecule has 4 rings (SSSR count). The molecule has 0 fully saturated rings. The number of Topliss-reactive ketones (excluding diaryl/α,β-unsaturated/α-hetero) is 1. The van der Waals surface area contributed by atoms with Crippen LogP contribution in [0.4, 0.5) is 0 Å². The molecule has 3 aromatic carbocycles. The third-order valence-corrected chi connectivity index (χ3v) is 5.27. The van der Waals surface area contributed by atoms with Crippen molar-refractivity contribution in [2.24, 2.45) is 0 Å². The summed E-state index contributed by atoms with van der Waals surface area (Å²) in [4.78, 5) is 12.8. The van der Waals surface area contributed by atoms with Gasteiger partial charge in [0.25, 0.3) is 0 Å². The highest BCUT2D eigenvalue weighted by Crippen LogP contribution is 2.37. The SMILES string of the molecule is Cc1ccccc1/C=C1\Oc2cc(OCc3ccc(Br)cc3)cc(C)c2C1=O. The van der Waals surface area contributed by atoms with Gasteiger partial charge >= 0.3 is 0 Å². The molecule has 28 heavy (non-hydrogen) atoms. The number of fused-ring (bicyclic) bond motifs is 1. The van der Waals surface area contributed by atoms with Crippen molar-refractivity contribution >= 4 is 27.8 Å². The largest absolute Gasteiger partial charge is 0.489 e. The molecule has 0 unspecified atom stereocenters. The predicted molar refractivity (Wildman–Crippen MR) is 114 cm³/mol. The lowest BCUT2D eigenvalue weighted by Crippen LogP contribution is -2.00. The highest BCUT2D eigenvalue weighted by molar-refractivity contribution is 9.10. The molecule has 4 heteroatoms. The lowest BCUT2D eigenvalue weighted by Gasteiger charge is -2.09. The van der Waals surface area contributed by atoms with Crippen molar-refractivity contribution in [3.63, 3.8) is 0 Å². The summed E-state index contributed by atoms with van der Waals surface area (Å²) in [5.41, 5.74) is 4.59. The molecular weight excluding hydrogens is 416 g/mol. The van der Waals surface area contributed by atoms with E-state index in [0.717, 1.165) is 26.7 Å². The van der Waals surface area contributed by atoms with Gasteiger partial charge in [0.2, 0.25) is 5.78 Å². The van der Waals surface area contributed by atoms with Crippen LogP contribution >= 0.6 is 15.9 Å². The molecule has 1 aliphatic heterocycles. The minimum absolute atomic E-state index is 0.0878. The standard InChI is InChI=1S/C24H19BrO3/c1-15-5-3-4-6-18(15)12-22-24(26)23-16(2)11-20(13-21(23)28-22)27-14-17-7-9-19(25)10-8-17/h3-13H,14H2,1-2H3/b22-12-. The zero-order chi connectivity index (χ0) is 19.7. The molecule has 0 aliphatic carbocycles. The normalized spacial score (nSPS) is 14.1. The first-order chi connectivity index (χ1) is 13.5. The maximum atomic E-state index is 12.8. The Morgan fingerprint density at radius 1 is 1.00 bits per heavy atom. The van der Waals surface area contributed by atoms with Crippen LogP contribution in [0.25, 0.3) is 6.08 Å². The van der Waals surface area contributed by atoms with Gasteiger partial charge in [-0.15, -0.1) is 0 Å². The van der Waals surface area contributed by atoms with Gasteiger partial charge in [-0.3, -0.25) is 4.79 Å². The number of hydrogen-bond donors (Lipinski definition) is 0. The summed E-state index contributed by atoms with van der Waals surface area (Å²) in [6.45, 7) is 4.37. The van der Waals surface area contributed by atoms with Crippen LogP contribution in [-0.2, 0) is 6.61 Å². The van der Waals surface area contributed by atoms with Crippen LogP contribution in [0.3, 0.4) is 0 Å². The number of aryl methyl sites for hydroxylation is 2. The van der Waals surface area contributed by atoms with Gasteiger partial charge in [0, 0.05) is 10.5 Å². The Labute approximate surface area is 172 Å². The summed E-state index contributed by atoms with van der Waals surface area (Å²) in [5.74, 6) is 1.49. The summed E-state index contributed by atoms with van der Waals surface area (Å²) in [7, 11) is 0. The van der Waals surface area contributed by atoms with Crippen LogP contribution in [-0.4, -0.2) is 5.78 Å². The maximum absolute atomic E-state index is 12.8. The van der Waals surface area contributed by atoms with Crippen molar-refractivity contribution in [1.29, 1.82) is 0 Å². The van der Waals surface area contributed by atoms with Gasteiger partial charge < -0.3 is 9.47 Å². The van der Waals surface area contributed by atoms with Crippen LogP contribution in [0.1, 0.15) is 32.6 Å². The Hall–Kier alpha value is -2.85. The molecule has 0 spiro atoms. The van der Waals surface area contributed by atoms with Gasteiger partial charge in [-0.1, -0.05) is 52.3 Å². The number of rotatable bonds is 4. The van der Waals surface area contributed by atoms with Crippen LogP contribution in [0.5, 0.6) is 11.5 Å². The average molecular weight is 435 g/mol. The molecule has 0 atom stereocenters. The number of benzene rings is 3. The third kappa shape index (κ3) is 3.73. The van der Waals surface area contributed by atoms with Gasteiger partial charge in [0.1, 0.15) is 18.1 Å². The minimum Gasteiger partial charge on any atom is -0.489 e. The first kappa shape index (κ1) is 18.5. The Bertz CT molecular complexity index is 1080. The number of carbonyl (C=O) groups is 1. The molecule has 1 heterocycles. The van der Waals surface area contributed by atoms with E-state index in [-0.39, 0.29) is 5.78 Å². The zero-order valence-electron chi connectivity index (χ0n) is 15.7. The van der Waals surface area contributed by atoms with Gasteiger partial charge in [0.05, 0.1) is 5.56 Å². The highest BCUT2D eigenvalue weighted by Gasteiger charge is 2.30. The molecule has 3 aromatic rings. The molecule has 0 radical (unpaired) electrons. The van der Waals surface area contributed by atoms with E-state index in [1.54, 1.807) is 12.1 Å². The number of halogens is 1. The fourth-order valence-electron chi connectivity index (χ4n) is 3.20. The van der Waals surface area contributed by atoms with Gasteiger partial charge in [-0.2, -0.15) is 0 Å². The zero-order valence-corrected chi connectivity index (χ0v) is 17.2. The predicted octanol–water partition coefficient (Wildman–Crippen LogP) is 6.26. The summed E-state index contributed by atoms with van der Waals surface area (Å²) in [6.07, 6.45) is 1.81. The molecular formula is C24H19BrO3. The summed E-state index contributed by atoms with van der Waals surface area (Å²) in [6, 6.07) is 19.6. The lowest BCUT2D eigenvalue weighted by atomic mass is 10.0. The molecule has 0 saturated carbocycles. The second kappa shape index (κ2) is 7.64. The second-order valence-electron chi connectivity index (χ2n) is 6.82. The Kier molecular flexibility index (Phi) is 5.05. The van der Waals surface area contributed by atoms with Crippen LogP contribution in [0, 0.1) is 13.8 Å². The van der Waals surface area contributed by atoms with Crippen molar-refractivity contribution in [2.45, 2.75) is 20.5 Å². The highest BCUT2D eigenvalue weighted by atomic mass is 79.9. The number of carbonyl (C=O) groups excluding carboxylic acids is 1. The quantitative estimate of drug-likeness (QED) is 0.454. The maximum Gasteiger partial charge on any atom is 0.232 e. The van der Waals surface area contributed by atoms with E-state index in [4.69, 9.17) is 9.47 Å². The van der Waals surface area contributed by atoms with E-state index in [1.807, 2.05) is 68.4 Å². The van der Waals surface area contributed by atoms with E-state index in [1.165, 1.54) is 0 Å². The fraction of sp³-hybridized carbons (Fsp3) is 0.125. The lowest BCUT2D eigenvalue weighted by molar-refractivity contribution is 0.101. The van der Waals surface area contributed by atoms with Crippen LogP contribution in [0.15, 0.2) is 70.9 Å². The molecule has 0 saturated heterocycles. The molecule has 1 aliphatic rings. The summed E-state index contributed by atoms with van der Waals surface area (Å²) < 4.78 is 12.8. The summed E-state index contributed by atoms with van der Waals surface area (Å²) >= 11 is 3.43. The molecule has 0 bridgehead atoms. The monoisotopic (exact) mass is 434 g/mol. The topological polar surface area (TPSA) is 35.5 Å². The van der Waals surface area contributed by atoms with E-state index in [0.29, 0.717) is 29.4 Å². The average Bonchev–Trinajstić information content (AvgIpc) is 2.99. The van der Waals surface area contributed by atoms with E-state index in [2.05, 4.69) is 15.9 Å². The van der Waals surface area contributed by atoms with Crippen molar-refractivity contribution < 1.29 is 14.3 Å². The van der Waals surface area contributed by atoms with Crippen LogP contribution < -0.4 is 9.47 Å². The van der Waals surface area contributed by atoms with E-state index >= 15 is 0 Å². The number of ether oxygens (including phenoxy) is 2. The fourth-order valence-corrected chi connectivity index (χ4v) is 3.46. The van der Waals surface area contributed by atoms with Crippen LogP contribution in [0.2, 0.25) is 0 Å². The number of ketones is 1. The third-order valence-electron chi connectivity index (χ3n) is 4.74. The van der Waals surface area contributed by atoms with E-state index in [9.17, 15) is 4.79 Å². The molecule has 140 valence electrons. The van der Waals surface area contributed by atoms with Crippen molar-refractivity contribution in [3.05, 3.63) is 98.7 Å². The number of allylic oxidation sites excluding steroid dienone is 1. The second-order valence-corrected chi connectivity index (χ2v) is 7.74. The first-order valence-corrected chi connectivity index (χ1v) is 9.82. The molecule has 0 amide bonds. The van der Waals surface area contributed by atoms with Gasteiger partial charge in [-0.25, -0.2) is 0 Å². The van der Waals surface area contributed by atoms with Crippen molar-refractivity contribution in [1.82, 2.24) is 0 Å². The van der Waals surface area contributed by atoms with Gasteiger partial charge in [-0.05, 0) is 60.4 Å². The first-order valence-electron chi connectivity index (χ1n) is 9.03. The molecule has 3 nitrogen and oxygen atoms in total. The Morgan fingerprint density at radius 3 is 2.50 bits per heavy atom. The molecule has 0 N–H and O–H groups in total. The smallest absolute Gasteiger partial charge is 0.232 e. The number of hydrogen-bond acceptors (Lipinski definition) is 3. The Morgan fingerprint density at radius 2 is 1.75 bits per heavy atom. The minimum atomic E-state index is -0.0878. The van der Waals surface area contributed by atoms with Crippen molar-refractivity contribution in [2.75, 3.05) is 0 Å². The summed E-state index contributed by atoms with van der Waals surface area (Å²) in [5, 5.41) is 0. The van der Waals surface area contributed by atoms with Gasteiger partial charge in [0.15, 0.2) is 5.76 Å². The van der Waals surface area contributed by atoms with Crippen molar-refractivity contribution in [3.8, 4) is 11.5 Å². The van der Waals surface area contributed by atoms with E-state index < -0.39 is 0 Å². The molecule has 0 aromatic heterocycles. The Balaban J connectivity index is 1.57.